The van der Waals surface area contributed by atoms with E-state index in [0.717, 1.165) is 13.0 Å². The van der Waals surface area contributed by atoms with Crippen molar-refractivity contribution in [2.75, 3.05) is 42.9 Å². The van der Waals surface area contributed by atoms with E-state index in [0.29, 0.717) is 49.4 Å². The van der Waals surface area contributed by atoms with E-state index in [4.69, 9.17) is 0 Å². The van der Waals surface area contributed by atoms with Crippen molar-refractivity contribution in [3.8, 4) is 0 Å². The van der Waals surface area contributed by atoms with Crippen molar-refractivity contribution in [3.63, 3.8) is 0 Å². The second-order valence-corrected chi connectivity index (χ2v) is 7.11. The lowest BCUT2D eigenvalue weighted by Crippen LogP contribution is -2.49. The van der Waals surface area contributed by atoms with Gasteiger partial charge in [-0.2, -0.15) is 0 Å². The molecule has 1 aliphatic rings. The van der Waals surface area contributed by atoms with E-state index in [9.17, 15) is 9.18 Å². The summed E-state index contributed by atoms with van der Waals surface area (Å²) in [5.74, 6) is 0.724. The highest BCUT2D eigenvalue weighted by Gasteiger charge is 2.24. The smallest absolute Gasteiger partial charge is 0.272 e. The van der Waals surface area contributed by atoms with Crippen LogP contribution in [0.5, 0.6) is 0 Å². The third-order valence-electron chi connectivity index (χ3n) is 4.64. The minimum Gasteiger partial charge on any atom is -0.366 e. The highest BCUT2D eigenvalue weighted by Crippen LogP contribution is 2.20. The van der Waals surface area contributed by atoms with Gasteiger partial charge in [0.05, 0.1) is 5.69 Å². The van der Waals surface area contributed by atoms with E-state index < -0.39 is 0 Å². The molecule has 27 heavy (non-hydrogen) atoms. The predicted octanol–water partition coefficient (Wildman–Crippen LogP) is 3.04. The van der Waals surface area contributed by atoms with Crippen LogP contribution in [0.15, 0.2) is 36.5 Å². The fourth-order valence-electron chi connectivity index (χ4n) is 3.06. The van der Waals surface area contributed by atoms with Crippen LogP contribution in [0.2, 0.25) is 0 Å². The Labute approximate surface area is 159 Å². The lowest BCUT2D eigenvalue weighted by Gasteiger charge is -2.36. The van der Waals surface area contributed by atoms with Crippen LogP contribution in [-0.4, -0.2) is 53.5 Å². The zero-order valence-electron chi connectivity index (χ0n) is 15.9. The maximum Gasteiger partial charge on any atom is 0.272 e. The minimum absolute atomic E-state index is 0.113. The summed E-state index contributed by atoms with van der Waals surface area (Å²) in [6.45, 7) is 7.35. The average molecular weight is 371 g/mol. The third kappa shape index (κ3) is 4.93. The number of nitrogens with one attached hydrogen (secondary N) is 1. The van der Waals surface area contributed by atoms with Crippen LogP contribution < -0.4 is 10.2 Å². The Bertz CT molecular complexity index is 774. The van der Waals surface area contributed by atoms with Gasteiger partial charge in [-0.1, -0.05) is 26.0 Å². The van der Waals surface area contributed by atoms with Gasteiger partial charge in [-0.3, -0.25) is 4.79 Å². The lowest BCUT2D eigenvalue weighted by atomic mass is 10.1. The van der Waals surface area contributed by atoms with Crippen LogP contribution in [0, 0.1) is 11.7 Å². The second kappa shape index (κ2) is 8.79. The number of rotatable bonds is 6. The predicted molar refractivity (Wildman–Crippen MR) is 104 cm³/mol. The third-order valence-corrected chi connectivity index (χ3v) is 4.64. The maximum absolute atomic E-state index is 13.9. The molecular formula is C20H26FN5O. The van der Waals surface area contributed by atoms with Crippen molar-refractivity contribution in [3.05, 3.63) is 48.0 Å². The number of amides is 1. The van der Waals surface area contributed by atoms with Crippen molar-refractivity contribution in [2.24, 2.45) is 5.92 Å². The topological polar surface area (TPSA) is 61.4 Å². The number of benzene rings is 1. The number of hydrogen-bond acceptors (Lipinski definition) is 5. The van der Waals surface area contributed by atoms with Crippen molar-refractivity contribution < 1.29 is 9.18 Å². The zero-order valence-corrected chi connectivity index (χ0v) is 15.9. The van der Waals surface area contributed by atoms with E-state index in [1.54, 1.807) is 29.3 Å². The summed E-state index contributed by atoms with van der Waals surface area (Å²) in [6.07, 6.45) is 2.62. The van der Waals surface area contributed by atoms with Gasteiger partial charge in [0, 0.05) is 38.9 Å². The lowest BCUT2D eigenvalue weighted by molar-refractivity contribution is 0.0740. The van der Waals surface area contributed by atoms with Gasteiger partial charge in [0.25, 0.3) is 5.91 Å². The first-order chi connectivity index (χ1) is 13.0. The quantitative estimate of drug-likeness (QED) is 0.846. The molecule has 144 valence electrons. The molecule has 1 aromatic carbocycles. The Balaban J connectivity index is 1.58. The largest absolute Gasteiger partial charge is 0.366 e. The Morgan fingerprint density at radius 1 is 1.19 bits per heavy atom. The normalized spacial score (nSPS) is 14.5. The molecule has 1 aromatic heterocycles. The molecule has 0 aliphatic carbocycles. The number of piperazine rings is 1. The molecule has 1 aliphatic heterocycles. The fraction of sp³-hybridized carbons (Fsp3) is 0.450. The first-order valence-electron chi connectivity index (χ1n) is 9.40. The summed E-state index contributed by atoms with van der Waals surface area (Å²) < 4.78 is 13.9. The number of carbonyl (C=O) groups is 1. The van der Waals surface area contributed by atoms with Gasteiger partial charge >= 0.3 is 0 Å². The second-order valence-electron chi connectivity index (χ2n) is 7.11. The summed E-state index contributed by atoms with van der Waals surface area (Å²) in [7, 11) is 0. The number of nitrogens with zero attached hydrogens (tertiary/aromatic N) is 4. The number of para-hydroxylation sites is 1. The summed E-state index contributed by atoms with van der Waals surface area (Å²) in [6, 6.07) is 8.37. The first-order valence-corrected chi connectivity index (χ1v) is 9.40. The van der Waals surface area contributed by atoms with E-state index >= 15 is 0 Å². The molecule has 0 atom stereocenters. The molecule has 3 rings (SSSR count). The highest BCUT2D eigenvalue weighted by molar-refractivity contribution is 5.92. The number of aromatic nitrogens is 2. The van der Waals surface area contributed by atoms with E-state index in [2.05, 4.69) is 29.1 Å². The Morgan fingerprint density at radius 3 is 2.63 bits per heavy atom. The number of carbonyl (C=O) groups excluding carboxylic acids is 1. The standard InChI is InChI=1S/C20H26FN5O/c1-15(2)7-9-22-20-23-10-8-17(24-20)19(27)26-13-11-25(12-14-26)18-6-4-3-5-16(18)21/h3-6,8,10,15H,7,9,11-14H2,1-2H3,(H,22,23,24). The Kier molecular flexibility index (Phi) is 6.21. The van der Waals surface area contributed by atoms with E-state index in [1.165, 1.54) is 6.07 Å². The van der Waals surface area contributed by atoms with Gasteiger partial charge in [-0.25, -0.2) is 14.4 Å². The Morgan fingerprint density at radius 2 is 1.93 bits per heavy atom. The molecule has 0 spiro atoms. The molecule has 1 saturated heterocycles. The molecule has 1 fully saturated rings. The molecule has 2 aromatic rings. The molecule has 0 unspecified atom stereocenters. The molecule has 0 radical (unpaired) electrons. The molecular weight excluding hydrogens is 345 g/mol. The van der Waals surface area contributed by atoms with Gasteiger partial charge < -0.3 is 15.1 Å². The van der Waals surface area contributed by atoms with Crippen molar-refractivity contribution in [1.82, 2.24) is 14.9 Å². The molecule has 2 heterocycles. The van der Waals surface area contributed by atoms with Gasteiger partial charge in [0.2, 0.25) is 5.95 Å². The molecule has 1 N–H and O–H groups in total. The van der Waals surface area contributed by atoms with Gasteiger partial charge in [0.1, 0.15) is 11.5 Å². The molecule has 7 heteroatoms. The van der Waals surface area contributed by atoms with E-state index in [1.807, 2.05) is 11.0 Å². The number of anilines is 2. The summed E-state index contributed by atoms with van der Waals surface area (Å²) in [5.41, 5.74) is 0.972. The highest BCUT2D eigenvalue weighted by atomic mass is 19.1. The van der Waals surface area contributed by atoms with Crippen molar-refractivity contribution in [2.45, 2.75) is 20.3 Å². The monoisotopic (exact) mass is 371 g/mol. The van der Waals surface area contributed by atoms with E-state index in [-0.39, 0.29) is 11.7 Å². The van der Waals surface area contributed by atoms with Crippen LogP contribution in [0.1, 0.15) is 30.8 Å². The van der Waals surface area contributed by atoms with Gasteiger partial charge in [-0.15, -0.1) is 0 Å². The maximum atomic E-state index is 13.9. The molecule has 1 amide bonds. The summed E-state index contributed by atoms with van der Waals surface area (Å²) in [4.78, 5) is 25.0. The first kappa shape index (κ1) is 19.1. The van der Waals surface area contributed by atoms with Gasteiger partial charge in [0.15, 0.2) is 0 Å². The Hall–Kier alpha value is -2.70. The molecule has 0 saturated carbocycles. The summed E-state index contributed by atoms with van der Waals surface area (Å²) >= 11 is 0. The average Bonchev–Trinajstić information content (AvgIpc) is 2.68. The zero-order chi connectivity index (χ0) is 19.2. The number of halogens is 1. The van der Waals surface area contributed by atoms with Crippen LogP contribution in [0.25, 0.3) is 0 Å². The van der Waals surface area contributed by atoms with Crippen LogP contribution >= 0.6 is 0 Å². The van der Waals surface area contributed by atoms with Crippen LogP contribution in [0.4, 0.5) is 16.0 Å². The van der Waals surface area contributed by atoms with Crippen molar-refractivity contribution in [1.29, 1.82) is 0 Å². The van der Waals surface area contributed by atoms with Crippen LogP contribution in [-0.2, 0) is 0 Å². The molecule has 6 nitrogen and oxygen atoms in total. The van der Waals surface area contributed by atoms with Crippen molar-refractivity contribution >= 4 is 17.5 Å². The van der Waals surface area contributed by atoms with Crippen LogP contribution in [0.3, 0.4) is 0 Å². The number of hydrogen-bond donors (Lipinski definition) is 1. The van der Waals surface area contributed by atoms with Gasteiger partial charge in [-0.05, 0) is 30.5 Å². The minimum atomic E-state index is -0.231. The SMILES string of the molecule is CC(C)CCNc1nccc(C(=O)N2CCN(c3ccccc3F)CC2)n1. The fourth-order valence-corrected chi connectivity index (χ4v) is 3.06. The molecule has 0 bridgehead atoms. The summed E-state index contributed by atoms with van der Waals surface area (Å²) in [5, 5.41) is 3.17.